The van der Waals surface area contributed by atoms with Gasteiger partial charge in [0.1, 0.15) is 0 Å². The van der Waals surface area contributed by atoms with Crippen LogP contribution in [0.25, 0.3) is 0 Å². The van der Waals surface area contributed by atoms with Crippen molar-refractivity contribution in [3.63, 3.8) is 0 Å². The van der Waals surface area contributed by atoms with Gasteiger partial charge in [0.15, 0.2) is 11.5 Å². The largest absolute Gasteiger partial charge is 0.504 e. The predicted molar refractivity (Wildman–Crippen MR) is 86.2 cm³/mol. The second-order valence-corrected chi connectivity index (χ2v) is 6.18. The van der Waals surface area contributed by atoms with Crippen molar-refractivity contribution < 1.29 is 14.9 Å². The number of allylic oxidation sites excluding steroid dienone is 2. The Bertz CT molecular complexity index is 652. The molecule has 118 valence electrons. The number of hydrogen-bond donors (Lipinski definition) is 3. The van der Waals surface area contributed by atoms with Gasteiger partial charge >= 0.3 is 0 Å². The molecule has 1 aromatic carbocycles. The van der Waals surface area contributed by atoms with Crippen molar-refractivity contribution in [3.8, 4) is 11.5 Å². The van der Waals surface area contributed by atoms with Crippen LogP contribution >= 0.6 is 11.6 Å². The van der Waals surface area contributed by atoms with Gasteiger partial charge in [-0.3, -0.25) is 0 Å². The fraction of sp³-hybridized carbons (Fsp3) is 0.412. The lowest BCUT2D eigenvalue weighted by atomic mass is 9.83. The van der Waals surface area contributed by atoms with Crippen molar-refractivity contribution in [3.05, 3.63) is 45.7 Å². The molecule has 0 saturated carbocycles. The van der Waals surface area contributed by atoms with E-state index in [-0.39, 0.29) is 17.5 Å². The highest BCUT2D eigenvalue weighted by Gasteiger charge is 2.26. The quantitative estimate of drug-likeness (QED) is 0.590. The van der Waals surface area contributed by atoms with E-state index in [9.17, 15) is 10.2 Å². The summed E-state index contributed by atoms with van der Waals surface area (Å²) in [6.07, 6.45) is 5.65. The van der Waals surface area contributed by atoms with Gasteiger partial charge in [-0.25, -0.2) is 0 Å². The van der Waals surface area contributed by atoms with Gasteiger partial charge in [0.25, 0.3) is 0 Å². The van der Waals surface area contributed by atoms with Crippen LogP contribution < -0.4 is 5.32 Å². The smallest absolute Gasteiger partial charge is 0.158 e. The Balaban J connectivity index is 1.82. The highest BCUT2D eigenvalue weighted by molar-refractivity contribution is 6.31. The first-order valence-corrected chi connectivity index (χ1v) is 7.84. The Morgan fingerprint density at radius 2 is 2.09 bits per heavy atom. The van der Waals surface area contributed by atoms with Gasteiger partial charge in [-0.1, -0.05) is 17.2 Å². The number of aromatic hydroxyl groups is 2. The molecular formula is C17H20ClNO3. The van der Waals surface area contributed by atoms with Gasteiger partial charge in [-0.15, -0.1) is 0 Å². The van der Waals surface area contributed by atoms with Crippen molar-refractivity contribution in [1.82, 2.24) is 5.32 Å². The first-order valence-electron chi connectivity index (χ1n) is 7.46. The predicted octanol–water partition coefficient (Wildman–Crippen LogP) is 3.28. The molecule has 4 nitrogen and oxygen atoms in total. The summed E-state index contributed by atoms with van der Waals surface area (Å²) in [5.74, 6) is 0.727. The molecule has 1 aromatic rings. The Morgan fingerprint density at radius 3 is 2.86 bits per heavy atom. The minimum absolute atomic E-state index is 0.130. The van der Waals surface area contributed by atoms with E-state index in [1.54, 1.807) is 13.2 Å². The first kappa shape index (κ1) is 15.3. The molecule has 3 N–H and O–H groups in total. The second kappa shape index (κ2) is 6.23. The second-order valence-electron chi connectivity index (χ2n) is 5.78. The molecule has 0 aromatic heterocycles. The first-order chi connectivity index (χ1) is 10.6. The standard InChI is InChI=1S/C17H20ClNO3/c1-22-12-2-3-13-10(6-12)4-5-19-15(13)7-11-8-16(20)17(21)9-14(11)18/h2,8-9,15,19-21H,3-7H2,1H3/t15-/m1/s1. The third-order valence-corrected chi connectivity index (χ3v) is 4.81. The summed E-state index contributed by atoms with van der Waals surface area (Å²) in [5.41, 5.74) is 3.68. The topological polar surface area (TPSA) is 61.7 Å². The molecule has 5 heteroatoms. The number of rotatable bonds is 3. The monoisotopic (exact) mass is 321 g/mol. The molecule has 0 saturated heterocycles. The van der Waals surface area contributed by atoms with Crippen LogP contribution in [0.2, 0.25) is 5.02 Å². The molecule has 1 aliphatic carbocycles. The van der Waals surface area contributed by atoms with Gasteiger partial charge in [-0.2, -0.15) is 0 Å². The highest BCUT2D eigenvalue weighted by atomic mass is 35.5. The molecule has 1 heterocycles. The van der Waals surface area contributed by atoms with Crippen LogP contribution in [-0.2, 0) is 11.2 Å². The summed E-state index contributed by atoms with van der Waals surface area (Å²) >= 11 is 6.19. The minimum Gasteiger partial charge on any atom is -0.504 e. The van der Waals surface area contributed by atoms with Crippen molar-refractivity contribution in [2.24, 2.45) is 0 Å². The lowest BCUT2D eigenvalue weighted by molar-refractivity contribution is 0.276. The summed E-state index contributed by atoms with van der Waals surface area (Å²) in [7, 11) is 1.72. The molecule has 1 atom stereocenters. The van der Waals surface area contributed by atoms with Gasteiger partial charge in [0, 0.05) is 23.6 Å². The number of methoxy groups -OCH3 is 1. The molecular weight excluding hydrogens is 302 g/mol. The van der Waals surface area contributed by atoms with Crippen molar-refractivity contribution in [2.75, 3.05) is 13.7 Å². The summed E-state index contributed by atoms with van der Waals surface area (Å²) in [6, 6.07) is 3.15. The number of phenolic OH excluding ortho intramolecular Hbond substituents is 2. The number of nitrogens with one attached hydrogen (secondary N) is 1. The SMILES string of the molecule is COC1=CCC2=C(CCN[C@@H]2Cc2cc(O)c(O)cc2Cl)C1. The molecule has 3 rings (SSSR count). The van der Waals surface area contributed by atoms with E-state index in [0.717, 1.165) is 37.1 Å². The average molecular weight is 322 g/mol. The summed E-state index contributed by atoms with van der Waals surface area (Å²) in [6.45, 7) is 0.933. The fourth-order valence-electron chi connectivity index (χ4n) is 3.24. The van der Waals surface area contributed by atoms with Gasteiger partial charge in [0.2, 0.25) is 0 Å². The lowest BCUT2D eigenvalue weighted by Crippen LogP contribution is -2.39. The molecule has 0 spiro atoms. The van der Waals surface area contributed by atoms with Gasteiger partial charge < -0.3 is 20.3 Å². The molecule has 0 fully saturated rings. The molecule has 1 aliphatic heterocycles. The Hall–Kier alpha value is -1.65. The average Bonchev–Trinajstić information content (AvgIpc) is 2.52. The van der Waals surface area contributed by atoms with E-state index < -0.39 is 0 Å². The molecule has 2 aliphatic rings. The third-order valence-electron chi connectivity index (χ3n) is 4.46. The van der Waals surface area contributed by atoms with Crippen molar-refractivity contribution >= 4 is 11.6 Å². The van der Waals surface area contributed by atoms with E-state index >= 15 is 0 Å². The molecule has 22 heavy (non-hydrogen) atoms. The fourth-order valence-corrected chi connectivity index (χ4v) is 3.48. The zero-order valence-electron chi connectivity index (χ0n) is 12.5. The Morgan fingerprint density at radius 1 is 1.32 bits per heavy atom. The maximum atomic E-state index is 9.69. The van der Waals surface area contributed by atoms with Crippen LogP contribution in [0, 0.1) is 0 Å². The zero-order chi connectivity index (χ0) is 15.7. The normalized spacial score (nSPS) is 21.4. The third kappa shape index (κ3) is 2.94. The van der Waals surface area contributed by atoms with Crippen LogP contribution in [0.1, 0.15) is 24.8 Å². The van der Waals surface area contributed by atoms with Crippen molar-refractivity contribution in [2.45, 2.75) is 31.7 Å². The number of phenols is 2. The zero-order valence-corrected chi connectivity index (χ0v) is 13.3. The Labute approximate surface area is 135 Å². The molecule has 0 amide bonds. The Kier molecular flexibility index (Phi) is 4.32. The van der Waals surface area contributed by atoms with E-state index in [4.69, 9.17) is 16.3 Å². The maximum Gasteiger partial charge on any atom is 0.158 e. The maximum absolute atomic E-state index is 9.69. The lowest BCUT2D eigenvalue weighted by Gasteiger charge is -2.32. The highest BCUT2D eigenvalue weighted by Crippen LogP contribution is 2.36. The minimum atomic E-state index is -0.185. The van der Waals surface area contributed by atoms with Gasteiger partial charge in [-0.05, 0) is 49.1 Å². The number of hydrogen-bond acceptors (Lipinski definition) is 4. The number of ether oxygens (including phenoxy) is 1. The van der Waals surface area contributed by atoms with Gasteiger partial charge in [0.05, 0.1) is 12.9 Å². The van der Waals surface area contributed by atoms with Crippen LogP contribution in [0.4, 0.5) is 0 Å². The summed E-state index contributed by atoms with van der Waals surface area (Å²) < 4.78 is 5.37. The van der Waals surface area contributed by atoms with Crippen molar-refractivity contribution in [1.29, 1.82) is 0 Å². The van der Waals surface area contributed by atoms with Crippen LogP contribution in [0.15, 0.2) is 35.1 Å². The van der Waals surface area contributed by atoms with E-state index in [2.05, 4.69) is 11.4 Å². The van der Waals surface area contributed by atoms with E-state index in [0.29, 0.717) is 11.4 Å². The van der Waals surface area contributed by atoms with Crippen LogP contribution in [0.3, 0.4) is 0 Å². The molecule has 0 radical (unpaired) electrons. The van der Waals surface area contributed by atoms with E-state index in [1.165, 1.54) is 17.2 Å². The summed E-state index contributed by atoms with van der Waals surface area (Å²) in [5, 5.41) is 23.2. The summed E-state index contributed by atoms with van der Waals surface area (Å²) in [4.78, 5) is 0. The molecule has 0 unspecified atom stereocenters. The van der Waals surface area contributed by atoms with E-state index in [1.807, 2.05) is 0 Å². The number of benzene rings is 1. The van der Waals surface area contributed by atoms with Crippen LogP contribution in [0.5, 0.6) is 11.5 Å². The van der Waals surface area contributed by atoms with Crippen LogP contribution in [-0.4, -0.2) is 29.9 Å². The number of halogens is 1. The molecule has 0 bridgehead atoms.